The molecule has 0 aliphatic carbocycles. The summed E-state index contributed by atoms with van der Waals surface area (Å²) in [4.78, 5) is 16.7. The predicted octanol–water partition coefficient (Wildman–Crippen LogP) is 3.79. The van der Waals surface area contributed by atoms with Gasteiger partial charge in [-0.2, -0.15) is 0 Å². The fraction of sp³-hybridized carbons (Fsp3) is 0.391. The van der Waals surface area contributed by atoms with E-state index < -0.39 is 0 Å². The van der Waals surface area contributed by atoms with E-state index in [4.69, 9.17) is 21.1 Å². The molecule has 8 heteroatoms. The van der Waals surface area contributed by atoms with Gasteiger partial charge in [0.05, 0.1) is 20.8 Å². The van der Waals surface area contributed by atoms with Crippen molar-refractivity contribution in [3.8, 4) is 11.5 Å². The van der Waals surface area contributed by atoms with Gasteiger partial charge in [0.2, 0.25) is 5.91 Å². The van der Waals surface area contributed by atoms with Crippen LogP contribution in [0.5, 0.6) is 11.5 Å². The molecule has 3 N–H and O–H groups in total. The van der Waals surface area contributed by atoms with Crippen molar-refractivity contribution >= 4 is 29.2 Å². The summed E-state index contributed by atoms with van der Waals surface area (Å²) < 4.78 is 10.6. The van der Waals surface area contributed by atoms with Gasteiger partial charge in [0.15, 0.2) is 17.5 Å². The summed E-state index contributed by atoms with van der Waals surface area (Å²) in [6, 6.07) is 11.3. The molecular weight excluding hydrogens is 416 g/mol. The Morgan fingerprint density at radius 1 is 1.10 bits per heavy atom. The van der Waals surface area contributed by atoms with Crippen molar-refractivity contribution in [3.05, 3.63) is 52.5 Å². The van der Waals surface area contributed by atoms with Crippen LogP contribution >= 0.6 is 11.6 Å². The normalized spacial score (nSPS) is 11.1. The van der Waals surface area contributed by atoms with Crippen LogP contribution < -0.4 is 25.4 Å². The maximum absolute atomic E-state index is 12.2. The van der Waals surface area contributed by atoms with Crippen molar-refractivity contribution in [2.75, 3.05) is 39.2 Å². The molecule has 2 rings (SSSR count). The van der Waals surface area contributed by atoms with E-state index in [2.05, 4.69) is 20.9 Å². The Morgan fingerprint density at radius 3 is 2.58 bits per heavy atom. The third-order valence-corrected chi connectivity index (χ3v) is 5.06. The molecule has 0 spiro atoms. The number of methoxy groups -OCH3 is 2. The van der Waals surface area contributed by atoms with Gasteiger partial charge in [0, 0.05) is 30.2 Å². The number of carbonyl (C=O) groups excluding carboxylic acids is 1. The average Bonchev–Trinajstić information content (AvgIpc) is 2.76. The van der Waals surface area contributed by atoms with Crippen molar-refractivity contribution in [1.29, 1.82) is 0 Å². The van der Waals surface area contributed by atoms with Gasteiger partial charge in [0.25, 0.3) is 0 Å². The summed E-state index contributed by atoms with van der Waals surface area (Å²) in [6.45, 7) is 5.67. The maximum Gasteiger partial charge on any atom is 0.226 e. The SMILES string of the molecule is CCNC(=NCCC(=O)Nc1cccc(Cl)c1C)NCCc1ccc(OC)c(OC)c1. The molecule has 31 heavy (non-hydrogen) atoms. The first kappa shape index (κ1) is 24.3. The lowest BCUT2D eigenvalue weighted by Gasteiger charge is -2.13. The largest absolute Gasteiger partial charge is 0.493 e. The van der Waals surface area contributed by atoms with Crippen molar-refractivity contribution in [1.82, 2.24) is 10.6 Å². The van der Waals surface area contributed by atoms with E-state index in [-0.39, 0.29) is 12.3 Å². The summed E-state index contributed by atoms with van der Waals surface area (Å²) in [6.07, 6.45) is 1.07. The Morgan fingerprint density at radius 2 is 1.87 bits per heavy atom. The van der Waals surface area contributed by atoms with Gasteiger partial charge in [0.1, 0.15) is 0 Å². The first-order chi connectivity index (χ1) is 15.0. The quantitative estimate of drug-likeness (QED) is 0.382. The molecule has 0 heterocycles. The third kappa shape index (κ3) is 7.68. The number of anilines is 1. The number of nitrogens with one attached hydrogen (secondary N) is 3. The molecule has 0 saturated carbocycles. The minimum Gasteiger partial charge on any atom is -0.493 e. The minimum atomic E-state index is -0.102. The molecule has 0 saturated heterocycles. The second kappa shape index (κ2) is 12.7. The highest BCUT2D eigenvalue weighted by Gasteiger charge is 2.07. The number of hydrogen-bond donors (Lipinski definition) is 3. The number of ether oxygens (including phenoxy) is 2. The molecule has 0 radical (unpaired) electrons. The van der Waals surface area contributed by atoms with Crippen LogP contribution in [0, 0.1) is 6.92 Å². The molecule has 0 aliphatic rings. The van der Waals surface area contributed by atoms with Crippen LogP contribution in [0.3, 0.4) is 0 Å². The molecule has 0 aliphatic heterocycles. The molecule has 0 atom stereocenters. The lowest BCUT2D eigenvalue weighted by molar-refractivity contribution is -0.116. The van der Waals surface area contributed by atoms with Crippen LogP contribution in [0.4, 0.5) is 5.69 Å². The van der Waals surface area contributed by atoms with Crippen molar-refractivity contribution in [3.63, 3.8) is 0 Å². The van der Waals surface area contributed by atoms with Crippen molar-refractivity contribution in [2.45, 2.75) is 26.7 Å². The van der Waals surface area contributed by atoms with Crippen molar-refractivity contribution in [2.24, 2.45) is 4.99 Å². The molecule has 0 bridgehead atoms. The lowest BCUT2D eigenvalue weighted by atomic mass is 10.1. The number of aliphatic imine (C=N–C) groups is 1. The topological polar surface area (TPSA) is 84.0 Å². The van der Waals surface area contributed by atoms with Crippen LogP contribution in [-0.4, -0.2) is 45.7 Å². The zero-order chi connectivity index (χ0) is 22.6. The number of guanidine groups is 1. The van der Waals surface area contributed by atoms with Crippen molar-refractivity contribution < 1.29 is 14.3 Å². The first-order valence-electron chi connectivity index (χ1n) is 10.3. The number of halogens is 1. The van der Waals surface area contributed by atoms with Gasteiger partial charge in [-0.25, -0.2) is 0 Å². The Hall–Kier alpha value is -2.93. The van der Waals surface area contributed by atoms with E-state index in [9.17, 15) is 4.79 Å². The summed E-state index contributed by atoms with van der Waals surface area (Å²) in [5.41, 5.74) is 2.70. The van der Waals surface area contributed by atoms with Crippen LogP contribution in [0.25, 0.3) is 0 Å². The lowest BCUT2D eigenvalue weighted by Crippen LogP contribution is -2.38. The molecule has 1 amide bonds. The summed E-state index contributed by atoms with van der Waals surface area (Å²) >= 11 is 6.10. The van der Waals surface area contributed by atoms with E-state index in [1.165, 1.54) is 0 Å². The second-order valence-corrected chi connectivity index (χ2v) is 7.24. The third-order valence-electron chi connectivity index (χ3n) is 4.65. The molecule has 0 fully saturated rings. The summed E-state index contributed by atoms with van der Waals surface area (Å²) in [5, 5.41) is 10.0. The molecule has 2 aromatic rings. The first-order valence-corrected chi connectivity index (χ1v) is 10.6. The Labute approximate surface area is 189 Å². The van der Waals surface area contributed by atoms with Crippen LogP contribution in [-0.2, 0) is 11.2 Å². The van der Waals surface area contributed by atoms with E-state index in [0.717, 1.165) is 29.8 Å². The van der Waals surface area contributed by atoms with Crippen LogP contribution in [0.2, 0.25) is 5.02 Å². The monoisotopic (exact) mass is 446 g/mol. The predicted molar refractivity (Wildman–Crippen MR) is 127 cm³/mol. The highest BCUT2D eigenvalue weighted by molar-refractivity contribution is 6.31. The van der Waals surface area contributed by atoms with Gasteiger partial charge >= 0.3 is 0 Å². The van der Waals surface area contributed by atoms with Gasteiger partial charge < -0.3 is 25.4 Å². The summed E-state index contributed by atoms with van der Waals surface area (Å²) in [7, 11) is 3.24. The minimum absolute atomic E-state index is 0.102. The molecule has 0 unspecified atom stereocenters. The fourth-order valence-corrected chi connectivity index (χ4v) is 3.10. The maximum atomic E-state index is 12.2. The zero-order valence-electron chi connectivity index (χ0n) is 18.5. The van der Waals surface area contributed by atoms with E-state index in [1.54, 1.807) is 20.3 Å². The Kier molecular flexibility index (Phi) is 9.97. The van der Waals surface area contributed by atoms with Gasteiger partial charge in [-0.1, -0.05) is 23.7 Å². The number of rotatable bonds is 10. The number of hydrogen-bond acceptors (Lipinski definition) is 4. The average molecular weight is 447 g/mol. The van der Waals surface area contributed by atoms with Gasteiger partial charge in [-0.05, 0) is 55.7 Å². The van der Waals surface area contributed by atoms with E-state index >= 15 is 0 Å². The standard InChI is InChI=1S/C23H31ClN4O3/c1-5-25-23(26-13-11-17-9-10-20(30-3)21(15-17)31-4)27-14-12-22(29)28-19-8-6-7-18(24)16(19)2/h6-10,15H,5,11-14H2,1-4H3,(H,28,29)(H2,25,26,27). The van der Waals surface area contributed by atoms with E-state index in [1.807, 2.05) is 44.2 Å². The highest BCUT2D eigenvalue weighted by atomic mass is 35.5. The smallest absolute Gasteiger partial charge is 0.226 e. The number of benzene rings is 2. The second-order valence-electron chi connectivity index (χ2n) is 6.84. The molecule has 2 aromatic carbocycles. The van der Waals surface area contributed by atoms with Gasteiger partial charge in [-0.3, -0.25) is 9.79 Å². The Balaban J connectivity index is 1.84. The molecule has 7 nitrogen and oxygen atoms in total. The summed E-state index contributed by atoms with van der Waals surface area (Å²) in [5.74, 6) is 1.99. The molecule has 0 aromatic heterocycles. The number of amides is 1. The number of nitrogens with zero attached hydrogens (tertiary/aromatic N) is 1. The number of carbonyl (C=O) groups is 1. The molecule has 168 valence electrons. The highest BCUT2D eigenvalue weighted by Crippen LogP contribution is 2.27. The van der Waals surface area contributed by atoms with Crippen LogP contribution in [0.1, 0.15) is 24.5 Å². The fourth-order valence-electron chi connectivity index (χ4n) is 2.93. The zero-order valence-corrected chi connectivity index (χ0v) is 19.3. The van der Waals surface area contributed by atoms with E-state index in [0.29, 0.717) is 35.6 Å². The Bertz CT molecular complexity index is 902. The van der Waals surface area contributed by atoms with Gasteiger partial charge in [-0.15, -0.1) is 0 Å². The molecular formula is C23H31ClN4O3. The van der Waals surface area contributed by atoms with Crippen LogP contribution in [0.15, 0.2) is 41.4 Å².